The number of nitrogens with zero attached hydrogens (tertiary/aromatic N) is 1. The zero-order chi connectivity index (χ0) is 25.9. The predicted molar refractivity (Wildman–Crippen MR) is 145 cm³/mol. The minimum absolute atomic E-state index is 0.113. The number of carbonyl (C=O) groups excluding carboxylic acids is 3. The molecule has 0 aliphatic carbocycles. The van der Waals surface area contributed by atoms with Crippen molar-refractivity contribution in [2.24, 2.45) is 0 Å². The fourth-order valence-electron chi connectivity index (χ4n) is 3.16. The lowest BCUT2D eigenvalue weighted by atomic mass is 10.1. The van der Waals surface area contributed by atoms with Gasteiger partial charge in [0.05, 0.1) is 12.4 Å². The summed E-state index contributed by atoms with van der Waals surface area (Å²) in [6, 6.07) is 23.5. The second-order valence-corrected chi connectivity index (χ2v) is 8.99. The standard InChI is InChI=1S/C28H29N3O4S/c1-4-35-26(32)19-36-24-16-12-22(13-17-24)29-28(34)25(30-27(33)21-8-6-5-7-9-21)18-20-10-14-23(15-11-20)31(2)3/h5-18H,4,19H2,1-3H3,(H,29,34)(H,30,33)/b25-18-. The molecule has 3 aromatic carbocycles. The van der Waals surface area contributed by atoms with Crippen LogP contribution in [-0.4, -0.2) is 44.2 Å². The van der Waals surface area contributed by atoms with E-state index >= 15 is 0 Å². The Morgan fingerprint density at radius 1 is 0.917 bits per heavy atom. The lowest BCUT2D eigenvalue weighted by Crippen LogP contribution is -2.30. The van der Waals surface area contributed by atoms with Gasteiger partial charge in [0.25, 0.3) is 11.8 Å². The maximum absolute atomic E-state index is 13.2. The zero-order valence-electron chi connectivity index (χ0n) is 20.5. The van der Waals surface area contributed by atoms with Gasteiger partial charge in [-0.3, -0.25) is 14.4 Å². The predicted octanol–water partition coefficient (Wildman–Crippen LogP) is 4.82. The van der Waals surface area contributed by atoms with Gasteiger partial charge in [0.2, 0.25) is 0 Å². The third-order valence-electron chi connectivity index (χ3n) is 5.02. The molecule has 0 saturated carbocycles. The first kappa shape index (κ1) is 26.6. The Bertz CT molecular complexity index is 1210. The molecular weight excluding hydrogens is 474 g/mol. The third kappa shape index (κ3) is 8.02. The van der Waals surface area contributed by atoms with E-state index in [1.165, 1.54) is 11.8 Å². The quantitative estimate of drug-likeness (QED) is 0.234. The van der Waals surface area contributed by atoms with Crippen LogP contribution in [0.25, 0.3) is 6.08 Å². The molecule has 0 spiro atoms. The summed E-state index contributed by atoms with van der Waals surface area (Å²) in [5.74, 6) is -0.900. The minimum atomic E-state index is -0.456. The van der Waals surface area contributed by atoms with E-state index in [-0.39, 0.29) is 23.3 Å². The summed E-state index contributed by atoms with van der Waals surface area (Å²) in [5, 5.41) is 5.57. The molecule has 0 fully saturated rings. The van der Waals surface area contributed by atoms with Crippen molar-refractivity contribution < 1.29 is 19.1 Å². The van der Waals surface area contributed by atoms with Gasteiger partial charge in [-0.1, -0.05) is 30.3 Å². The van der Waals surface area contributed by atoms with E-state index in [1.807, 2.05) is 61.5 Å². The molecule has 3 rings (SSSR count). The Balaban J connectivity index is 1.76. The van der Waals surface area contributed by atoms with Crippen LogP contribution in [0.4, 0.5) is 11.4 Å². The summed E-state index contributed by atoms with van der Waals surface area (Å²) in [6.07, 6.45) is 1.64. The van der Waals surface area contributed by atoms with Crippen molar-refractivity contribution >= 4 is 47.0 Å². The van der Waals surface area contributed by atoms with Crippen molar-refractivity contribution in [3.8, 4) is 0 Å². The van der Waals surface area contributed by atoms with Crippen molar-refractivity contribution in [3.05, 3.63) is 95.7 Å². The Kier molecular flexibility index (Phi) is 9.71. The van der Waals surface area contributed by atoms with Crippen LogP contribution < -0.4 is 15.5 Å². The van der Waals surface area contributed by atoms with Gasteiger partial charge in [0, 0.05) is 35.9 Å². The van der Waals surface area contributed by atoms with Crippen molar-refractivity contribution in [1.29, 1.82) is 0 Å². The van der Waals surface area contributed by atoms with E-state index in [0.29, 0.717) is 17.9 Å². The van der Waals surface area contributed by atoms with Crippen LogP contribution in [0.5, 0.6) is 0 Å². The van der Waals surface area contributed by atoms with E-state index in [1.54, 1.807) is 49.4 Å². The highest BCUT2D eigenvalue weighted by Crippen LogP contribution is 2.21. The molecule has 0 aliphatic heterocycles. The lowest BCUT2D eigenvalue weighted by Gasteiger charge is -2.13. The maximum atomic E-state index is 13.2. The second-order valence-electron chi connectivity index (χ2n) is 7.94. The molecule has 8 heteroatoms. The van der Waals surface area contributed by atoms with Gasteiger partial charge in [-0.05, 0) is 67.1 Å². The van der Waals surface area contributed by atoms with Gasteiger partial charge in [0.1, 0.15) is 5.70 Å². The number of benzene rings is 3. The Morgan fingerprint density at radius 3 is 2.19 bits per heavy atom. The smallest absolute Gasteiger partial charge is 0.316 e. The van der Waals surface area contributed by atoms with Crippen LogP contribution >= 0.6 is 11.8 Å². The summed E-state index contributed by atoms with van der Waals surface area (Å²) in [5.41, 5.74) is 2.91. The van der Waals surface area contributed by atoms with Crippen LogP contribution in [0.1, 0.15) is 22.8 Å². The normalized spacial score (nSPS) is 10.9. The van der Waals surface area contributed by atoms with E-state index < -0.39 is 5.91 Å². The molecule has 0 aromatic heterocycles. The maximum Gasteiger partial charge on any atom is 0.316 e. The molecule has 0 unspecified atom stereocenters. The molecule has 0 aliphatic rings. The average molecular weight is 504 g/mol. The SMILES string of the molecule is CCOC(=O)CSc1ccc(NC(=O)/C(=C/c2ccc(N(C)C)cc2)NC(=O)c2ccccc2)cc1. The van der Waals surface area contributed by atoms with Gasteiger partial charge < -0.3 is 20.3 Å². The molecule has 0 atom stereocenters. The Labute approximate surface area is 215 Å². The fraction of sp³-hybridized carbons (Fsp3) is 0.179. The summed E-state index contributed by atoms with van der Waals surface area (Å²) >= 11 is 1.35. The van der Waals surface area contributed by atoms with Crippen molar-refractivity contribution in [3.63, 3.8) is 0 Å². The van der Waals surface area contributed by atoms with Crippen LogP contribution in [0.15, 0.2) is 89.5 Å². The second kappa shape index (κ2) is 13.2. The number of carbonyl (C=O) groups is 3. The largest absolute Gasteiger partial charge is 0.465 e. The summed E-state index contributed by atoms with van der Waals surface area (Å²) in [4.78, 5) is 40.3. The van der Waals surface area contributed by atoms with Gasteiger partial charge in [-0.15, -0.1) is 11.8 Å². The summed E-state index contributed by atoms with van der Waals surface area (Å²) < 4.78 is 4.94. The fourth-order valence-corrected chi connectivity index (χ4v) is 3.85. The minimum Gasteiger partial charge on any atom is -0.465 e. The summed E-state index contributed by atoms with van der Waals surface area (Å²) in [7, 11) is 3.90. The number of anilines is 2. The van der Waals surface area contributed by atoms with Crippen molar-refractivity contribution in [2.45, 2.75) is 11.8 Å². The van der Waals surface area contributed by atoms with Crippen LogP contribution in [0.2, 0.25) is 0 Å². The topological polar surface area (TPSA) is 87.7 Å². The van der Waals surface area contributed by atoms with Gasteiger partial charge in [-0.2, -0.15) is 0 Å². The van der Waals surface area contributed by atoms with E-state index in [2.05, 4.69) is 10.6 Å². The average Bonchev–Trinajstić information content (AvgIpc) is 2.89. The van der Waals surface area contributed by atoms with Crippen molar-refractivity contribution in [1.82, 2.24) is 5.32 Å². The molecule has 2 N–H and O–H groups in total. The number of hydrogen-bond donors (Lipinski definition) is 2. The molecule has 0 radical (unpaired) electrons. The Morgan fingerprint density at radius 2 is 1.58 bits per heavy atom. The van der Waals surface area contributed by atoms with E-state index in [4.69, 9.17) is 4.74 Å². The number of amides is 2. The molecule has 0 heterocycles. The molecule has 0 saturated heterocycles. The first-order valence-electron chi connectivity index (χ1n) is 11.4. The van der Waals surface area contributed by atoms with Gasteiger partial charge in [-0.25, -0.2) is 0 Å². The first-order valence-corrected chi connectivity index (χ1v) is 12.4. The molecule has 0 bridgehead atoms. The number of rotatable bonds is 10. The first-order chi connectivity index (χ1) is 17.4. The monoisotopic (exact) mass is 503 g/mol. The number of hydrogen-bond acceptors (Lipinski definition) is 6. The highest BCUT2D eigenvalue weighted by atomic mass is 32.2. The summed E-state index contributed by atoms with van der Waals surface area (Å²) in [6.45, 7) is 2.12. The van der Waals surface area contributed by atoms with Gasteiger partial charge >= 0.3 is 5.97 Å². The zero-order valence-corrected chi connectivity index (χ0v) is 21.3. The number of esters is 1. The van der Waals surface area contributed by atoms with E-state index in [0.717, 1.165) is 16.1 Å². The van der Waals surface area contributed by atoms with Crippen molar-refractivity contribution in [2.75, 3.05) is 36.7 Å². The molecule has 36 heavy (non-hydrogen) atoms. The van der Waals surface area contributed by atoms with Crippen LogP contribution in [0, 0.1) is 0 Å². The van der Waals surface area contributed by atoms with Gasteiger partial charge in [0.15, 0.2) is 0 Å². The number of ether oxygens (including phenoxy) is 1. The number of thioether (sulfide) groups is 1. The van der Waals surface area contributed by atoms with E-state index in [9.17, 15) is 14.4 Å². The molecule has 2 amide bonds. The number of nitrogens with one attached hydrogen (secondary N) is 2. The molecular formula is C28H29N3O4S. The van der Waals surface area contributed by atoms with Crippen LogP contribution in [0.3, 0.4) is 0 Å². The highest BCUT2D eigenvalue weighted by molar-refractivity contribution is 8.00. The molecule has 3 aromatic rings. The molecule has 186 valence electrons. The molecule has 7 nitrogen and oxygen atoms in total. The Hall–Kier alpha value is -4.04. The third-order valence-corrected chi connectivity index (χ3v) is 6.01. The lowest BCUT2D eigenvalue weighted by molar-refractivity contribution is -0.139. The highest BCUT2D eigenvalue weighted by Gasteiger charge is 2.15. The van der Waals surface area contributed by atoms with Crippen LogP contribution in [-0.2, 0) is 14.3 Å².